The molecule has 0 unspecified atom stereocenters. The van der Waals surface area contributed by atoms with E-state index in [-0.39, 0.29) is 11.6 Å². The first kappa shape index (κ1) is 15.3. The second-order valence-corrected chi connectivity index (χ2v) is 6.23. The van der Waals surface area contributed by atoms with Crippen LogP contribution in [0.4, 0.5) is 11.6 Å². The molecule has 0 aliphatic carbocycles. The molecule has 0 amide bonds. The predicted octanol–water partition coefficient (Wildman–Crippen LogP) is 2.56. The zero-order valence-corrected chi connectivity index (χ0v) is 13.8. The lowest BCUT2D eigenvalue weighted by atomic mass is 10.1. The number of hydrogen-bond acceptors (Lipinski definition) is 7. The van der Waals surface area contributed by atoms with Crippen LogP contribution in [0.2, 0.25) is 0 Å². The first-order valence-corrected chi connectivity index (χ1v) is 8.33. The molecule has 0 bridgehead atoms. The van der Waals surface area contributed by atoms with Gasteiger partial charge in [-0.15, -0.1) is 0 Å². The van der Waals surface area contributed by atoms with Crippen LogP contribution in [0.25, 0.3) is 4.96 Å². The van der Waals surface area contributed by atoms with Crippen molar-refractivity contribution in [2.45, 2.75) is 13.1 Å². The van der Waals surface area contributed by atoms with Gasteiger partial charge in [0.25, 0.3) is 4.96 Å². The van der Waals surface area contributed by atoms with Gasteiger partial charge in [-0.2, -0.15) is 14.5 Å². The van der Waals surface area contributed by atoms with Gasteiger partial charge in [-0.25, -0.2) is 9.67 Å². The van der Waals surface area contributed by atoms with E-state index in [9.17, 15) is 10.1 Å². The summed E-state index contributed by atoms with van der Waals surface area (Å²) in [5.74, 6) is 0.239. The van der Waals surface area contributed by atoms with E-state index in [2.05, 4.69) is 20.4 Å². The van der Waals surface area contributed by atoms with Crippen LogP contribution in [0.5, 0.6) is 0 Å². The van der Waals surface area contributed by atoms with Crippen LogP contribution >= 0.6 is 11.3 Å². The molecule has 126 valence electrons. The van der Waals surface area contributed by atoms with Gasteiger partial charge >= 0.3 is 5.82 Å². The monoisotopic (exact) mass is 355 g/mol. The number of aromatic nitrogens is 5. The highest BCUT2D eigenvalue weighted by Crippen LogP contribution is 2.28. The van der Waals surface area contributed by atoms with E-state index >= 15 is 0 Å². The number of benzene rings is 1. The Kier molecular flexibility index (Phi) is 3.86. The Labute approximate surface area is 145 Å². The Morgan fingerprint density at radius 1 is 1.24 bits per heavy atom. The molecule has 0 saturated heterocycles. The number of thiazole rings is 1. The summed E-state index contributed by atoms with van der Waals surface area (Å²) in [6, 6.07) is 7.95. The maximum absolute atomic E-state index is 11.3. The van der Waals surface area contributed by atoms with E-state index in [4.69, 9.17) is 0 Å². The lowest BCUT2D eigenvalue weighted by Gasteiger charge is -2.06. The Balaban J connectivity index is 1.47. The minimum atomic E-state index is -0.420. The van der Waals surface area contributed by atoms with Crippen molar-refractivity contribution < 1.29 is 4.92 Å². The maximum Gasteiger partial charge on any atom is 0.372 e. The summed E-state index contributed by atoms with van der Waals surface area (Å²) in [5.41, 5.74) is 2.11. The largest absolute Gasteiger partial charge is 0.372 e. The van der Waals surface area contributed by atoms with Crippen molar-refractivity contribution in [1.82, 2.24) is 24.1 Å². The summed E-state index contributed by atoms with van der Waals surface area (Å²) in [4.78, 5) is 19.7. The number of imidazole rings is 1. The SMILES string of the molecule is O=[N+]([O-])c1c(NCc2ccc(Cn3cncn3)cc2)nc2sccn12. The topological polar surface area (TPSA) is 103 Å². The van der Waals surface area contributed by atoms with E-state index in [1.807, 2.05) is 24.3 Å². The summed E-state index contributed by atoms with van der Waals surface area (Å²) in [5, 5.41) is 20.2. The van der Waals surface area contributed by atoms with Crippen LogP contribution in [-0.4, -0.2) is 29.1 Å². The fraction of sp³-hybridized carbons (Fsp3) is 0.133. The van der Waals surface area contributed by atoms with Crippen molar-refractivity contribution >= 4 is 27.9 Å². The van der Waals surface area contributed by atoms with Crippen molar-refractivity contribution in [2.24, 2.45) is 0 Å². The molecule has 0 spiro atoms. The molecule has 9 nitrogen and oxygen atoms in total. The first-order valence-electron chi connectivity index (χ1n) is 7.45. The fourth-order valence-corrected chi connectivity index (χ4v) is 3.23. The third-order valence-corrected chi connectivity index (χ3v) is 4.46. The minimum absolute atomic E-state index is 0.0425. The van der Waals surface area contributed by atoms with E-state index in [1.54, 1.807) is 22.6 Å². The van der Waals surface area contributed by atoms with Crippen LogP contribution in [0, 0.1) is 10.1 Å². The highest BCUT2D eigenvalue weighted by molar-refractivity contribution is 7.15. The number of hydrogen-bond donors (Lipinski definition) is 1. The third kappa shape index (κ3) is 3.06. The molecule has 0 saturated carbocycles. The van der Waals surface area contributed by atoms with Gasteiger partial charge < -0.3 is 15.4 Å². The Bertz CT molecular complexity index is 1000. The number of anilines is 1. The molecule has 1 aromatic carbocycles. The quantitative estimate of drug-likeness (QED) is 0.421. The molecule has 1 N–H and O–H groups in total. The van der Waals surface area contributed by atoms with Gasteiger partial charge in [0.2, 0.25) is 5.82 Å². The standard InChI is InChI=1S/C15H13N7O2S/c23-22(24)14-13(19-15-21(14)5-6-25-15)17-7-11-1-3-12(4-2-11)8-20-10-16-9-18-20/h1-6,9-10,17H,7-8H2. The molecular formula is C15H13N7O2S. The molecular weight excluding hydrogens is 342 g/mol. The van der Waals surface area contributed by atoms with Crippen LogP contribution < -0.4 is 5.32 Å². The molecule has 0 atom stereocenters. The van der Waals surface area contributed by atoms with Gasteiger partial charge in [0.1, 0.15) is 18.9 Å². The molecule has 4 rings (SSSR count). The summed E-state index contributed by atoms with van der Waals surface area (Å²) in [6.07, 6.45) is 4.81. The Morgan fingerprint density at radius 3 is 2.76 bits per heavy atom. The zero-order valence-electron chi connectivity index (χ0n) is 12.9. The third-order valence-electron chi connectivity index (χ3n) is 3.70. The molecule has 10 heteroatoms. The zero-order chi connectivity index (χ0) is 17.2. The van der Waals surface area contributed by atoms with Crippen molar-refractivity contribution in [1.29, 1.82) is 0 Å². The van der Waals surface area contributed by atoms with Gasteiger partial charge in [0.15, 0.2) is 0 Å². The highest BCUT2D eigenvalue weighted by Gasteiger charge is 2.23. The lowest BCUT2D eigenvalue weighted by Crippen LogP contribution is -2.04. The van der Waals surface area contributed by atoms with Crippen molar-refractivity contribution in [2.75, 3.05) is 5.32 Å². The van der Waals surface area contributed by atoms with Crippen LogP contribution in [-0.2, 0) is 13.1 Å². The van der Waals surface area contributed by atoms with Gasteiger partial charge in [-0.3, -0.25) is 0 Å². The minimum Gasteiger partial charge on any atom is -0.359 e. The molecule has 0 aliphatic rings. The maximum atomic E-state index is 11.3. The average molecular weight is 355 g/mol. The van der Waals surface area contributed by atoms with Crippen molar-refractivity contribution in [3.8, 4) is 0 Å². The van der Waals surface area contributed by atoms with E-state index in [0.29, 0.717) is 18.1 Å². The van der Waals surface area contributed by atoms with E-state index in [1.165, 1.54) is 22.1 Å². The molecule has 0 radical (unpaired) electrons. The second-order valence-electron chi connectivity index (χ2n) is 5.36. The molecule has 3 heterocycles. The van der Waals surface area contributed by atoms with E-state index in [0.717, 1.165) is 11.1 Å². The molecule has 25 heavy (non-hydrogen) atoms. The molecule has 4 aromatic rings. The number of nitro groups is 1. The molecule has 3 aromatic heterocycles. The van der Waals surface area contributed by atoms with Crippen LogP contribution in [0.15, 0.2) is 48.5 Å². The summed E-state index contributed by atoms with van der Waals surface area (Å²) in [6.45, 7) is 1.10. The molecule has 0 aliphatic heterocycles. The normalized spacial score (nSPS) is 11.0. The molecule has 0 fully saturated rings. The number of nitrogens with one attached hydrogen (secondary N) is 1. The lowest BCUT2D eigenvalue weighted by molar-refractivity contribution is -0.389. The fourth-order valence-electron chi connectivity index (χ4n) is 2.52. The van der Waals surface area contributed by atoms with Crippen molar-refractivity contribution in [3.05, 3.63) is 69.7 Å². The summed E-state index contributed by atoms with van der Waals surface area (Å²) in [7, 11) is 0. The average Bonchev–Trinajstić information content (AvgIpc) is 3.30. The van der Waals surface area contributed by atoms with Gasteiger partial charge in [0, 0.05) is 11.9 Å². The first-order chi connectivity index (χ1) is 12.2. The predicted molar refractivity (Wildman–Crippen MR) is 92.6 cm³/mol. The smallest absolute Gasteiger partial charge is 0.359 e. The van der Waals surface area contributed by atoms with Gasteiger partial charge in [0.05, 0.1) is 6.54 Å². The second kappa shape index (κ2) is 6.32. The number of fused-ring (bicyclic) bond motifs is 1. The van der Waals surface area contributed by atoms with Crippen molar-refractivity contribution in [3.63, 3.8) is 0 Å². The van der Waals surface area contributed by atoms with Gasteiger partial charge in [-0.05, 0) is 16.1 Å². The van der Waals surface area contributed by atoms with Crippen LogP contribution in [0.3, 0.4) is 0 Å². The Morgan fingerprint density at radius 2 is 2.04 bits per heavy atom. The van der Waals surface area contributed by atoms with E-state index < -0.39 is 4.92 Å². The Hall–Kier alpha value is -3.27. The highest BCUT2D eigenvalue weighted by atomic mass is 32.1. The number of nitrogens with zero attached hydrogens (tertiary/aromatic N) is 6. The van der Waals surface area contributed by atoms with Gasteiger partial charge in [-0.1, -0.05) is 35.6 Å². The summed E-state index contributed by atoms with van der Waals surface area (Å²) >= 11 is 1.36. The number of rotatable bonds is 6. The summed E-state index contributed by atoms with van der Waals surface area (Å²) < 4.78 is 3.22. The van der Waals surface area contributed by atoms with Crippen LogP contribution in [0.1, 0.15) is 11.1 Å².